The lowest BCUT2D eigenvalue weighted by Crippen LogP contribution is -2.10. The van der Waals surface area contributed by atoms with Gasteiger partial charge in [0.15, 0.2) is 0 Å². The Morgan fingerprint density at radius 2 is 1.60 bits per heavy atom. The van der Waals surface area contributed by atoms with Crippen LogP contribution in [0.3, 0.4) is 0 Å². The SMILES string of the molecule is FC(F)c1cc(Cl)cc(Cl)c1C(F)(F)F. The van der Waals surface area contributed by atoms with Crippen LogP contribution in [0.15, 0.2) is 12.1 Å². The molecule has 0 amide bonds. The van der Waals surface area contributed by atoms with Gasteiger partial charge in [-0.15, -0.1) is 0 Å². The number of halogens is 7. The Kier molecular flexibility index (Phi) is 3.45. The van der Waals surface area contributed by atoms with Crippen LogP contribution in [-0.2, 0) is 6.18 Å². The topological polar surface area (TPSA) is 0 Å². The molecule has 0 aliphatic rings. The number of hydrogen-bond acceptors (Lipinski definition) is 0. The van der Waals surface area contributed by atoms with Crippen LogP contribution in [0.25, 0.3) is 0 Å². The molecule has 0 saturated carbocycles. The maximum Gasteiger partial charge on any atom is 0.418 e. The average molecular weight is 265 g/mol. The molecule has 0 aromatic heterocycles. The van der Waals surface area contributed by atoms with Crippen LogP contribution < -0.4 is 0 Å². The summed E-state index contributed by atoms with van der Waals surface area (Å²) in [7, 11) is 0. The summed E-state index contributed by atoms with van der Waals surface area (Å²) in [6.07, 6.45) is -8.20. The summed E-state index contributed by atoms with van der Waals surface area (Å²) >= 11 is 10.6. The second kappa shape index (κ2) is 4.14. The lowest BCUT2D eigenvalue weighted by molar-refractivity contribution is -0.139. The minimum Gasteiger partial charge on any atom is -0.205 e. The van der Waals surface area contributed by atoms with Crippen LogP contribution in [0.1, 0.15) is 17.6 Å². The van der Waals surface area contributed by atoms with Gasteiger partial charge in [0, 0.05) is 10.6 Å². The largest absolute Gasteiger partial charge is 0.418 e. The number of hydrogen-bond donors (Lipinski definition) is 0. The average Bonchev–Trinajstić information content (AvgIpc) is 1.99. The minimum absolute atomic E-state index is 0.261. The molecule has 0 fully saturated rings. The molecular formula is C8H3Cl2F5. The van der Waals surface area contributed by atoms with Gasteiger partial charge >= 0.3 is 6.18 Å². The van der Waals surface area contributed by atoms with Crippen molar-refractivity contribution < 1.29 is 22.0 Å². The van der Waals surface area contributed by atoms with Crippen molar-refractivity contribution >= 4 is 23.2 Å². The van der Waals surface area contributed by atoms with Gasteiger partial charge < -0.3 is 0 Å². The molecule has 1 aromatic rings. The van der Waals surface area contributed by atoms with Crippen LogP contribution in [0.4, 0.5) is 22.0 Å². The van der Waals surface area contributed by atoms with E-state index in [0.717, 1.165) is 6.07 Å². The van der Waals surface area contributed by atoms with Gasteiger partial charge in [0.2, 0.25) is 0 Å². The summed E-state index contributed by atoms with van der Waals surface area (Å²) in [6.45, 7) is 0. The third-order valence-corrected chi connectivity index (χ3v) is 2.12. The summed E-state index contributed by atoms with van der Waals surface area (Å²) < 4.78 is 61.6. The molecule has 1 aromatic carbocycles. The minimum atomic E-state index is -4.92. The first-order valence-electron chi connectivity index (χ1n) is 3.57. The van der Waals surface area contributed by atoms with Crippen molar-refractivity contribution in [1.29, 1.82) is 0 Å². The van der Waals surface area contributed by atoms with E-state index in [2.05, 4.69) is 0 Å². The van der Waals surface area contributed by atoms with E-state index in [0.29, 0.717) is 6.07 Å². The van der Waals surface area contributed by atoms with E-state index in [9.17, 15) is 22.0 Å². The van der Waals surface area contributed by atoms with Gasteiger partial charge in [0.1, 0.15) is 0 Å². The first kappa shape index (κ1) is 12.5. The molecule has 0 heterocycles. The van der Waals surface area contributed by atoms with Gasteiger partial charge in [0.05, 0.1) is 10.6 Å². The lowest BCUT2D eigenvalue weighted by Gasteiger charge is -2.14. The van der Waals surface area contributed by atoms with Gasteiger partial charge in [-0.25, -0.2) is 8.78 Å². The van der Waals surface area contributed by atoms with Crippen molar-refractivity contribution in [3.05, 3.63) is 33.3 Å². The van der Waals surface area contributed by atoms with Crippen LogP contribution in [0.2, 0.25) is 10.0 Å². The second-order valence-corrected chi connectivity index (χ2v) is 3.49. The highest BCUT2D eigenvalue weighted by atomic mass is 35.5. The quantitative estimate of drug-likeness (QED) is 0.630. The molecule has 0 unspecified atom stereocenters. The predicted molar refractivity (Wildman–Crippen MR) is 46.4 cm³/mol. The summed E-state index contributed by atoms with van der Waals surface area (Å²) in [5.74, 6) is 0. The Labute approximate surface area is 91.6 Å². The first-order chi connectivity index (χ1) is 6.73. The van der Waals surface area contributed by atoms with Crippen molar-refractivity contribution in [3.8, 4) is 0 Å². The van der Waals surface area contributed by atoms with Crippen LogP contribution in [0, 0.1) is 0 Å². The third-order valence-electron chi connectivity index (χ3n) is 1.60. The first-order valence-corrected chi connectivity index (χ1v) is 4.33. The van der Waals surface area contributed by atoms with E-state index in [1.165, 1.54) is 0 Å². The predicted octanol–water partition coefficient (Wildman–Crippen LogP) is 4.95. The van der Waals surface area contributed by atoms with Crippen molar-refractivity contribution in [2.75, 3.05) is 0 Å². The zero-order valence-electron chi connectivity index (χ0n) is 6.88. The zero-order chi connectivity index (χ0) is 11.8. The van der Waals surface area contributed by atoms with E-state index >= 15 is 0 Å². The molecule has 7 heteroatoms. The van der Waals surface area contributed by atoms with Gasteiger partial charge in [-0.3, -0.25) is 0 Å². The fourth-order valence-electron chi connectivity index (χ4n) is 1.06. The molecule has 0 aliphatic heterocycles. The molecule has 0 atom stereocenters. The molecule has 0 N–H and O–H groups in total. The highest BCUT2D eigenvalue weighted by molar-refractivity contribution is 6.35. The zero-order valence-corrected chi connectivity index (χ0v) is 8.39. The van der Waals surface area contributed by atoms with Gasteiger partial charge in [-0.1, -0.05) is 23.2 Å². The van der Waals surface area contributed by atoms with Crippen molar-refractivity contribution in [2.24, 2.45) is 0 Å². The van der Waals surface area contributed by atoms with E-state index in [1.807, 2.05) is 0 Å². The van der Waals surface area contributed by atoms with Crippen LogP contribution >= 0.6 is 23.2 Å². The van der Waals surface area contributed by atoms with Crippen LogP contribution in [-0.4, -0.2) is 0 Å². The number of rotatable bonds is 1. The third kappa shape index (κ3) is 2.72. The molecule has 0 radical (unpaired) electrons. The van der Waals surface area contributed by atoms with Crippen LogP contribution in [0.5, 0.6) is 0 Å². The second-order valence-electron chi connectivity index (χ2n) is 2.65. The molecular weight excluding hydrogens is 262 g/mol. The maximum absolute atomic E-state index is 12.3. The Morgan fingerprint density at radius 3 is 2.00 bits per heavy atom. The monoisotopic (exact) mass is 264 g/mol. The smallest absolute Gasteiger partial charge is 0.205 e. The molecule has 0 saturated heterocycles. The lowest BCUT2D eigenvalue weighted by atomic mass is 10.1. The molecule has 84 valence electrons. The standard InChI is InChI=1S/C8H3Cl2F5/c9-3-1-4(7(11)12)6(5(10)2-3)8(13,14)15/h1-2,7H. The van der Waals surface area contributed by atoms with E-state index < -0.39 is 28.8 Å². The Hall–Kier alpha value is -0.550. The summed E-state index contributed by atoms with van der Waals surface area (Å²) in [6, 6.07) is 1.33. The maximum atomic E-state index is 12.3. The van der Waals surface area contributed by atoms with E-state index in [4.69, 9.17) is 23.2 Å². The van der Waals surface area contributed by atoms with Crippen molar-refractivity contribution in [3.63, 3.8) is 0 Å². The molecule has 0 bridgehead atoms. The molecule has 15 heavy (non-hydrogen) atoms. The number of alkyl halides is 5. The fourth-order valence-corrected chi connectivity index (χ4v) is 1.68. The normalized spacial score (nSPS) is 12.3. The van der Waals surface area contributed by atoms with E-state index in [-0.39, 0.29) is 5.02 Å². The van der Waals surface area contributed by atoms with Gasteiger partial charge in [0.25, 0.3) is 6.43 Å². The number of benzene rings is 1. The molecule has 0 spiro atoms. The van der Waals surface area contributed by atoms with Gasteiger partial charge in [-0.2, -0.15) is 13.2 Å². The van der Waals surface area contributed by atoms with Gasteiger partial charge in [-0.05, 0) is 12.1 Å². The Balaban J connectivity index is 3.48. The summed E-state index contributed by atoms with van der Waals surface area (Å²) in [5.41, 5.74) is -2.75. The van der Waals surface area contributed by atoms with Crippen molar-refractivity contribution in [1.82, 2.24) is 0 Å². The molecule has 1 rings (SSSR count). The fraction of sp³-hybridized carbons (Fsp3) is 0.250. The molecule has 0 nitrogen and oxygen atoms in total. The Bertz CT molecular complexity index is 372. The molecule has 0 aliphatic carbocycles. The summed E-state index contributed by atoms with van der Waals surface area (Å²) in [5, 5.41) is -1.09. The highest BCUT2D eigenvalue weighted by Gasteiger charge is 2.38. The summed E-state index contributed by atoms with van der Waals surface area (Å²) in [4.78, 5) is 0. The highest BCUT2D eigenvalue weighted by Crippen LogP contribution is 2.42. The Morgan fingerprint density at radius 1 is 1.07 bits per heavy atom. The van der Waals surface area contributed by atoms with Crippen molar-refractivity contribution in [2.45, 2.75) is 12.6 Å². The van der Waals surface area contributed by atoms with E-state index in [1.54, 1.807) is 0 Å².